The third-order valence-corrected chi connectivity index (χ3v) is 2.17. The van der Waals surface area contributed by atoms with Crippen LogP contribution in [0.3, 0.4) is 0 Å². The number of esters is 1. The summed E-state index contributed by atoms with van der Waals surface area (Å²) in [6.45, 7) is 0. The first-order valence-electron chi connectivity index (χ1n) is 4.75. The number of hydrogen-bond donors (Lipinski definition) is 0. The SMILES string of the molecule is COC(=O)c1ccc(F)cc1OC1CC1. The lowest BCUT2D eigenvalue weighted by atomic mass is 10.2. The number of halogens is 1. The van der Waals surface area contributed by atoms with E-state index < -0.39 is 11.8 Å². The molecule has 0 bridgehead atoms. The Morgan fingerprint density at radius 2 is 2.20 bits per heavy atom. The molecule has 0 amide bonds. The minimum Gasteiger partial charge on any atom is -0.489 e. The van der Waals surface area contributed by atoms with Crippen molar-refractivity contribution in [3.8, 4) is 5.75 Å². The van der Waals surface area contributed by atoms with E-state index in [0.717, 1.165) is 12.8 Å². The topological polar surface area (TPSA) is 35.5 Å². The van der Waals surface area contributed by atoms with Gasteiger partial charge in [0.25, 0.3) is 0 Å². The zero-order chi connectivity index (χ0) is 10.8. The predicted octanol–water partition coefficient (Wildman–Crippen LogP) is 2.15. The molecule has 1 aromatic rings. The molecule has 4 heteroatoms. The van der Waals surface area contributed by atoms with Crippen molar-refractivity contribution in [2.75, 3.05) is 7.11 Å². The average Bonchev–Trinajstić information content (AvgIpc) is 3.01. The Hall–Kier alpha value is -1.58. The number of hydrogen-bond acceptors (Lipinski definition) is 3. The second-order valence-electron chi connectivity index (χ2n) is 3.45. The van der Waals surface area contributed by atoms with Gasteiger partial charge in [0.15, 0.2) is 0 Å². The molecule has 0 saturated heterocycles. The van der Waals surface area contributed by atoms with Crippen LogP contribution in [0, 0.1) is 5.82 Å². The van der Waals surface area contributed by atoms with Gasteiger partial charge in [0.2, 0.25) is 0 Å². The highest BCUT2D eigenvalue weighted by molar-refractivity contribution is 5.92. The van der Waals surface area contributed by atoms with Crippen molar-refractivity contribution < 1.29 is 18.7 Å². The lowest BCUT2D eigenvalue weighted by Gasteiger charge is -2.09. The van der Waals surface area contributed by atoms with E-state index in [9.17, 15) is 9.18 Å². The summed E-state index contributed by atoms with van der Waals surface area (Å²) < 4.78 is 23.0. The molecule has 80 valence electrons. The summed E-state index contributed by atoms with van der Waals surface area (Å²) in [5.41, 5.74) is 0.269. The van der Waals surface area contributed by atoms with E-state index in [1.807, 2.05) is 0 Å². The van der Waals surface area contributed by atoms with Gasteiger partial charge in [-0.15, -0.1) is 0 Å². The summed E-state index contributed by atoms with van der Waals surface area (Å²) in [6.07, 6.45) is 2.03. The van der Waals surface area contributed by atoms with Crippen LogP contribution in [0.5, 0.6) is 5.75 Å². The molecule has 0 spiro atoms. The Kier molecular flexibility index (Phi) is 2.58. The van der Waals surface area contributed by atoms with Gasteiger partial charge in [-0.2, -0.15) is 0 Å². The van der Waals surface area contributed by atoms with Gasteiger partial charge in [-0.25, -0.2) is 9.18 Å². The summed E-state index contributed by atoms with van der Waals surface area (Å²) in [7, 11) is 1.28. The van der Waals surface area contributed by atoms with Crippen molar-refractivity contribution in [1.29, 1.82) is 0 Å². The number of methoxy groups -OCH3 is 1. The maximum absolute atomic E-state index is 13.0. The maximum atomic E-state index is 13.0. The molecule has 0 N–H and O–H groups in total. The van der Waals surface area contributed by atoms with Crippen LogP contribution in [-0.4, -0.2) is 19.2 Å². The van der Waals surface area contributed by atoms with E-state index in [0.29, 0.717) is 0 Å². The van der Waals surface area contributed by atoms with E-state index in [4.69, 9.17) is 4.74 Å². The summed E-state index contributed by atoms with van der Waals surface area (Å²) in [6, 6.07) is 3.80. The fourth-order valence-electron chi connectivity index (χ4n) is 1.24. The number of rotatable bonds is 3. The molecule has 0 heterocycles. The van der Waals surface area contributed by atoms with Crippen molar-refractivity contribution in [2.45, 2.75) is 18.9 Å². The van der Waals surface area contributed by atoms with Gasteiger partial charge in [0.05, 0.1) is 13.2 Å². The molecular weight excluding hydrogens is 199 g/mol. The third-order valence-electron chi connectivity index (χ3n) is 2.17. The van der Waals surface area contributed by atoms with Gasteiger partial charge in [-0.3, -0.25) is 0 Å². The summed E-state index contributed by atoms with van der Waals surface area (Å²) >= 11 is 0. The van der Waals surface area contributed by atoms with Gasteiger partial charge < -0.3 is 9.47 Å². The standard InChI is InChI=1S/C11H11FO3/c1-14-11(13)9-5-2-7(12)6-10(9)15-8-3-4-8/h2,5-6,8H,3-4H2,1H3. The molecule has 0 atom stereocenters. The van der Waals surface area contributed by atoms with E-state index in [1.54, 1.807) is 0 Å². The number of ether oxygens (including phenoxy) is 2. The van der Waals surface area contributed by atoms with E-state index in [2.05, 4.69) is 4.74 Å². The summed E-state index contributed by atoms with van der Waals surface area (Å²) in [5.74, 6) is -0.659. The fraction of sp³-hybridized carbons (Fsp3) is 0.364. The normalized spacial score (nSPS) is 14.8. The van der Waals surface area contributed by atoms with Gasteiger partial charge in [-0.05, 0) is 25.0 Å². The molecule has 1 saturated carbocycles. The minimum atomic E-state index is -0.509. The van der Waals surface area contributed by atoms with E-state index in [-0.39, 0.29) is 17.4 Å². The Morgan fingerprint density at radius 1 is 1.47 bits per heavy atom. The fourth-order valence-corrected chi connectivity index (χ4v) is 1.24. The number of benzene rings is 1. The van der Waals surface area contributed by atoms with Crippen molar-refractivity contribution >= 4 is 5.97 Å². The Labute approximate surface area is 86.8 Å². The molecule has 0 aliphatic heterocycles. The number of carbonyl (C=O) groups excluding carboxylic acids is 1. The van der Waals surface area contributed by atoms with Gasteiger partial charge >= 0.3 is 5.97 Å². The quantitative estimate of drug-likeness (QED) is 0.717. The third kappa shape index (κ3) is 2.26. The average molecular weight is 210 g/mol. The minimum absolute atomic E-state index is 0.121. The lowest BCUT2D eigenvalue weighted by Crippen LogP contribution is -2.07. The van der Waals surface area contributed by atoms with Gasteiger partial charge in [-0.1, -0.05) is 0 Å². The van der Waals surface area contributed by atoms with Crippen molar-refractivity contribution in [3.63, 3.8) is 0 Å². The van der Waals surface area contributed by atoms with Crippen LogP contribution < -0.4 is 4.74 Å². The van der Waals surface area contributed by atoms with Gasteiger partial charge in [0, 0.05) is 6.07 Å². The maximum Gasteiger partial charge on any atom is 0.341 e. The van der Waals surface area contributed by atoms with Crippen LogP contribution in [0.4, 0.5) is 4.39 Å². The summed E-state index contributed by atoms with van der Waals surface area (Å²) in [5, 5.41) is 0. The highest BCUT2D eigenvalue weighted by atomic mass is 19.1. The van der Waals surface area contributed by atoms with Crippen molar-refractivity contribution in [1.82, 2.24) is 0 Å². The second-order valence-corrected chi connectivity index (χ2v) is 3.45. The largest absolute Gasteiger partial charge is 0.489 e. The lowest BCUT2D eigenvalue weighted by molar-refractivity contribution is 0.0595. The molecule has 3 nitrogen and oxygen atoms in total. The van der Waals surface area contributed by atoms with Gasteiger partial charge in [0.1, 0.15) is 17.1 Å². The molecule has 0 unspecified atom stereocenters. The zero-order valence-electron chi connectivity index (χ0n) is 8.33. The van der Waals surface area contributed by atoms with Crippen LogP contribution in [0.2, 0.25) is 0 Å². The first-order chi connectivity index (χ1) is 7.20. The Bertz CT molecular complexity index is 385. The molecule has 1 aliphatic rings. The van der Waals surface area contributed by atoms with Crippen molar-refractivity contribution in [3.05, 3.63) is 29.6 Å². The van der Waals surface area contributed by atoms with Crippen LogP contribution >= 0.6 is 0 Å². The molecular formula is C11H11FO3. The Morgan fingerprint density at radius 3 is 2.80 bits per heavy atom. The number of carbonyl (C=O) groups is 1. The molecule has 1 aliphatic carbocycles. The molecule has 2 rings (SSSR count). The van der Waals surface area contributed by atoms with Crippen LogP contribution in [0.25, 0.3) is 0 Å². The van der Waals surface area contributed by atoms with Crippen LogP contribution in [0.15, 0.2) is 18.2 Å². The summed E-state index contributed by atoms with van der Waals surface area (Å²) in [4.78, 5) is 11.3. The Balaban J connectivity index is 2.29. The second kappa shape index (κ2) is 3.88. The molecule has 0 radical (unpaired) electrons. The highest BCUT2D eigenvalue weighted by Crippen LogP contribution is 2.30. The highest BCUT2D eigenvalue weighted by Gasteiger charge is 2.26. The first-order valence-corrected chi connectivity index (χ1v) is 4.75. The van der Waals surface area contributed by atoms with Crippen LogP contribution in [0.1, 0.15) is 23.2 Å². The van der Waals surface area contributed by atoms with Crippen molar-refractivity contribution in [2.24, 2.45) is 0 Å². The smallest absolute Gasteiger partial charge is 0.341 e. The predicted molar refractivity (Wildman–Crippen MR) is 51.4 cm³/mol. The molecule has 15 heavy (non-hydrogen) atoms. The monoisotopic (exact) mass is 210 g/mol. The molecule has 1 aromatic carbocycles. The zero-order valence-corrected chi connectivity index (χ0v) is 8.33. The van der Waals surface area contributed by atoms with E-state index in [1.165, 1.54) is 25.3 Å². The molecule has 1 fully saturated rings. The van der Waals surface area contributed by atoms with E-state index >= 15 is 0 Å². The van der Waals surface area contributed by atoms with Crippen LogP contribution in [-0.2, 0) is 4.74 Å². The first kappa shape index (κ1) is 9.96. The molecule has 0 aromatic heterocycles.